The fourth-order valence-electron chi connectivity index (χ4n) is 1.54. The quantitative estimate of drug-likeness (QED) is 0.618. The summed E-state index contributed by atoms with van der Waals surface area (Å²) in [7, 11) is 2.17. The lowest BCUT2D eigenvalue weighted by molar-refractivity contribution is 0.187. The molecule has 2 heteroatoms. The molecule has 0 aromatic heterocycles. The van der Waals surface area contributed by atoms with E-state index < -0.39 is 0 Å². The lowest BCUT2D eigenvalue weighted by atomic mass is 10.1. The van der Waals surface area contributed by atoms with Crippen LogP contribution in [0.1, 0.15) is 46.5 Å². The van der Waals surface area contributed by atoms with E-state index in [0.29, 0.717) is 12.1 Å². The Hall–Kier alpha value is -0.0800. The third-order valence-corrected chi connectivity index (χ3v) is 2.80. The van der Waals surface area contributed by atoms with Gasteiger partial charge in [0.2, 0.25) is 0 Å². The average Bonchev–Trinajstić information content (AvgIpc) is 2.11. The Morgan fingerprint density at radius 1 is 1.23 bits per heavy atom. The summed E-state index contributed by atoms with van der Waals surface area (Å²) in [5.74, 6) is 0. The molecule has 0 radical (unpaired) electrons. The summed E-state index contributed by atoms with van der Waals surface area (Å²) >= 11 is 0. The minimum absolute atomic E-state index is 0.576. The molecule has 13 heavy (non-hydrogen) atoms. The van der Waals surface area contributed by atoms with Crippen molar-refractivity contribution in [3.8, 4) is 0 Å². The van der Waals surface area contributed by atoms with Gasteiger partial charge in [-0.2, -0.15) is 0 Å². The smallest absolute Gasteiger partial charge is 0.0218 e. The lowest BCUT2D eigenvalue weighted by Crippen LogP contribution is -2.41. The number of hydrogen-bond acceptors (Lipinski definition) is 2. The maximum Gasteiger partial charge on any atom is 0.0218 e. The third-order valence-electron chi connectivity index (χ3n) is 2.80. The van der Waals surface area contributed by atoms with Crippen molar-refractivity contribution in [2.24, 2.45) is 5.73 Å². The largest absolute Gasteiger partial charge is 0.329 e. The standard InChI is InChI=1S/C11H26N2/c1-5-6-7-8-11(9-12)13(4)10(2)3/h10-11H,5-9,12H2,1-4H3. The van der Waals surface area contributed by atoms with Gasteiger partial charge in [-0.3, -0.25) is 4.90 Å². The molecule has 2 N–H and O–H groups in total. The summed E-state index contributed by atoms with van der Waals surface area (Å²) in [6.45, 7) is 7.48. The molecule has 0 fully saturated rings. The number of rotatable bonds is 7. The first kappa shape index (κ1) is 12.9. The van der Waals surface area contributed by atoms with Crippen molar-refractivity contribution >= 4 is 0 Å². The molecule has 2 nitrogen and oxygen atoms in total. The van der Waals surface area contributed by atoms with Gasteiger partial charge in [0, 0.05) is 18.6 Å². The Balaban J connectivity index is 3.73. The second-order valence-electron chi connectivity index (χ2n) is 4.14. The van der Waals surface area contributed by atoms with Gasteiger partial charge in [0.25, 0.3) is 0 Å². The molecule has 80 valence electrons. The van der Waals surface area contributed by atoms with Gasteiger partial charge in [0.15, 0.2) is 0 Å². The molecule has 0 aliphatic heterocycles. The van der Waals surface area contributed by atoms with Crippen molar-refractivity contribution in [1.82, 2.24) is 4.90 Å². The molecule has 0 aromatic carbocycles. The number of hydrogen-bond donors (Lipinski definition) is 1. The van der Waals surface area contributed by atoms with Crippen LogP contribution in [0.3, 0.4) is 0 Å². The Labute approximate surface area is 83.5 Å². The van der Waals surface area contributed by atoms with E-state index in [1.807, 2.05) is 0 Å². The summed E-state index contributed by atoms with van der Waals surface area (Å²) < 4.78 is 0. The van der Waals surface area contributed by atoms with Gasteiger partial charge >= 0.3 is 0 Å². The summed E-state index contributed by atoms with van der Waals surface area (Å²) in [5, 5.41) is 0. The van der Waals surface area contributed by atoms with Crippen LogP contribution < -0.4 is 5.73 Å². The monoisotopic (exact) mass is 186 g/mol. The van der Waals surface area contributed by atoms with E-state index in [0.717, 1.165) is 6.54 Å². The van der Waals surface area contributed by atoms with Crippen molar-refractivity contribution in [3.05, 3.63) is 0 Å². The normalized spacial score (nSPS) is 14.1. The summed E-state index contributed by atoms with van der Waals surface area (Å²) in [5.41, 5.74) is 5.75. The molecule has 0 rings (SSSR count). The van der Waals surface area contributed by atoms with Crippen LogP contribution >= 0.6 is 0 Å². The van der Waals surface area contributed by atoms with Gasteiger partial charge < -0.3 is 5.73 Å². The highest BCUT2D eigenvalue weighted by Crippen LogP contribution is 2.10. The van der Waals surface area contributed by atoms with Gasteiger partial charge in [-0.05, 0) is 27.3 Å². The molecule has 0 heterocycles. The average molecular weight is 186 g/mol. The predicted molar refractivity (Wildman–Crippen MR) is 59.9 cm³/mol. The van der Waals surface area contributed by atoms with Crippen LogP contribution in [0.15, 0.2) is 0 Å². The Bertz CT molecular complexity index is 113. The van der Waals surface area contributed by atoms with Crippen LogP contribution in [0.25, 0.3) is 0 Å². The minimum Gasteiger partial charge on any atom is -0.329 e. The molecule has 0 saturated heterocycles. The Morgan fingerprint density at radius 2 is 1.85 bits per heavy atom. The molecule has 0 amide bonds. The van der Waals surface area contributed by atoms with E-state index in [1.165, 1.54) is 25.7 Å². The van der Waals surface area contributed by atoms with Crippen LogP contribution in [-0.4, -0.2) is 30.6 Å². The van der Waals surface area contributed by atoms with E-state index >= 15 is 0 Å². The molecule has 0 aliphatic carbocycles. The van der Waals surface area contributed by atoms with E-state index in [4.69, 9.17) is 5.73 Å². The van der Waals surface area contributed by atoms with Crippen molar-refractivity contribution in [3.63, 3.8) is 0 Å². The number of unbranched alkanes of at least 4 members (excludes halogenated alkanes) is 2. The topological polar surface area (TPSA) is 29.3 Å². The fourth-order valence-corrected chi connectivity index (χ4v) is 1.54. The zero-order chi connectivity index (χ0) is 10.3. The molecule has 0 aromatic rings. The van der Waals surface area contributed by atoms with Crippen LogP contribution in [0, 0.1) is 0 Å². The predicted octanol–water partition coefficient (Wildman–Crippen LogP) is 2.23. The first-order valence-corrected chi connectivity index (χ1v) is 5.55. The molecule has 0 saturated carbocycles. The third kappa shape index (κ3) is 5.27. The fraction of sp³-hybridized carbons (Fsp3) is 1.00. The summed E-state index contributed by atoms with van der Waals surface area (Å²) in [6, 6.07) is 1.18. The van der Waals surface area contributed by atoms with Gasteiger partial charge in [0.05, 0.1) is 0 Å². The number of likely N-dealkylation sites (N-methyl/N-ethyl adjacent to an activating group) is 1. The molecule has 1 atom stereocenters. The molecule has 0 spiro atoms. The molecular formula is C11H26N2. The van der Waals surface area contributed by atoms with Crippen molar-refractivity contribution < 1.29 is 0 Å². The van der Waals surface area contributed by atoms with E-state index in [9.17, 15) is 0 Å². The van der Waals surface area contributed by atoms with Crippen LogP contribution in [0.2, 0.25) is 0 Å². The highest BCUT2D eigenvalue weighted by molar-refractivity contribution is 4.72. The first-order chi connectivity index (χ1) is 6.13. The zero-order valence-electron chi connectivity index (χ0n) is 9.71. The highest BCUT2D eigenvalue weighted by atomic mass is 15.2. The maximum atomic E-state index is 5.75. The number of nitrogens with two attached hydrogens (primary N) is 1. The van der Waals surface area contributed by atoms with Crippen molar-refractivity contribution in [1.29, 1.82) is 0 Å². The lowest BCUT2D eigenvalue weighted by Gasteiger charge is -2.30. The first-order valence-electron chi connectivity index (χ1n) is 5.55. The van der Waals surface area contributed by atoms with Gasteiger partial charge in [-0.25, -0.2) is 0 Å². The van der Waals surface area contributed by atoms with Gasteiger partial charge in [-0.15, -0.1) is 0 Å². The Morgan fingerprint density at radius 3 is 2.23 bits per heavy atom. The minimum atomic E-state index is 0.576. The summed E-state index contributed by atoms with van der Waals surface area (Å²) in [4.78, 5) is 2.38. The van der Waals surface area contributed by atoms with Crippen LogP contribution in [0.4, 0.5) is 0 Å². The van der Waals surface area contributed by atoms with Crippen LogP contribution in [-0.2, 0) is 0 Å². The van der Waals surface area contributed by atoms with E-state index in [1.54, 1.807) is 0 Å². The summed E-state index contributed by atoms with van der Waals surface area (Å²) in [6.07, 6.45) is 5.19. The second-order valence-corrected chi connectivity index (χ2v) is 4.14. The van der Waals surface area contributed by atoms with E-state index in [2.05, 4.69) is 32.7 Å². The van der Waals surface area contributed by atoms with Crippen molar-refractivity contribution in [2.45, 2.75) is 58.5 Å². The SMILES string of the molecule is CCCCCC(CN)N(C)C(C)C. The number of nitrogens with zero attached hydrogens (tertiary/aromatic N) is 1. The van der Waals surface area contributed by atoms with Crippen molar-refractivity contribution in [2.75, 3.05) is 13.6 Å². The molecule has 1 unspecified atom stereocenters. The second kappa shape index (κ2) is 7.34. The highest BCUT2D eigenvalue weighted by Gasteiger charge is 2.14. The van der Waals surface area contributed by atoms with Gasteiger partial charge in [-0.1, -0.05) is 26.2 Å². The molecular weight excluding hydrogens is 160 g/mol. The Kier molecular flexibility index (Phi) is 7.29. The maximum absolute atomic E-state index is 5.75. The van der Waals surface area contributed by atoms with Gasteiger partial charge in [0.1, 0.15) is 0 Å². The molecule has 0 aliphatic rings. The van der Waals surface area contributed by atoms with Crippen LogP contribution in [0.5, 0.6) is 0 Å². The zero-order valence-corrected chi connectivity index (χ0v) is 9.71. The van der Waals surface area contributed by atoms with E-state index in [-0.39, 0.29) is 0 Å². The molecule has 0 bridgehead atoms.